The lowest BCUT2D eigenvalue weighted by molar-refractivity contribution is 0.0585. The van der Waals surface area contributed by atoms with E-state index in [4.69, 9.17) is 0 Å². The molecule has 2 N–H and O–H groups in total. The standard InChI is InChI=1S/C15H25N5O/c1-5-12-8-13(20-14(19-12)17-10-18-20)16-9-15(4,21)7-6-11(2)3/h8,10-11,16,21H,5-7,9H2,1-4H3. The molecule has 0 aliphatic rings. The molecule has 2 rings (SSSR count). The fourth-order valence-corrected chi connectivity index (χ4v) is 2.14. The molecule has 0 amide bonds. The highest BCUT2D eigenvalue weighted by molar-refractivity contribution is 5.45. The molecule has 6 nitrogen and oxygen atoms in total. The molecule has 21 heavy (non-hydrogen) atoms. The quantitative estimate of drug-likeness (QED) is 0.818. The van der Waals surface area contributed by atoms with Crippen LogP contribution in [0.5, 0.6) is 0 Å². The van der Waals surface area contributed by atoms with Gasteiger partial charge in [0.1, 0.15) is 12.1 Å². The highest BCUT2D eigenvalue weighted by atomic mass is 16.3. The molecule has 0 aromatic carbocycles. The average molecular weight is 291 g/mol. The van der Waals surface area contributed by atoms with Crippen molar-refractivity contribution >= 4 is 11.6 Å². The zero-order valence-electron chi connectivity index (χ0n) is 13.3. The Morgan fingerprint density at radius 3 is 2.86 bits per heavy atom. The van der Waals surface area contributed by atoms with Crippen molar-refractivity contribution in [2.45, 2.75) is 52.6 Å². The Morgan fingerprint density at radius 1 is 1.43 bits per heavy atom. The van der Waals surface area contributed by atoms with Crippen LogP contribution in [0.3, 0.4) is 0 Å². The van der Waals surface area contributed by atoms with E-state index in [9.17, 15) is 5.11 Å². The Hall–Kier alpha value is -1.69. The highest BCUT2D eigenvalue weighted by Gasteiger charge is 2.21. The van der Waals surface area contributed by atoms with E-state index in [1.165, 1.54) is 6.33 Å². The SMILES string of the molecule is CCc1cc(NCC(C)(O)CCC(C)C)n2ncnc2n1. The molecule has 1 atom stereocenters. The number of hydrogen-bond donors (Lipinski definition) is 2. The van der Waals surface area contributed by atoms with E-state index in [1.807, 2.05) is 13.0 Å². The maximum atomic E-state index is 10.5. The number of nitrogens with one attached hydrogen (secondary N) is 1. The predicted octanol–water partition coefficient (Wildman–Crippen LogP) is 2.29. The Morgan fingerprint density at radius 2 is 2.19 bits per heavy atom. The van der Waals surface area contributed by atoms with Crippen LogP contribution < -0.4 is 5.32 Å². The minimum atomic E-state index is -0.743. The van der Waals surface area contributed by atoms with E-state index in [0.29, 0.717) is 18.2 Å². The molecule has 1 unspecified atom stereocenters. The van der Waals surface area contributed by atoms with Gasteiger partial charge in [0.25, 0.3) is 5.78 Å². The Balaban J connectivity index is 2.10. The number of rotatable bonds is 7. The van der Waals surface area contributed by atoms with Crippen molar-refractivity contribution in [1.82, 2.24) is 19.6 Å². The summed E-state index contributed by atoms with van der Waals surface area (Å²) in [6, 6.07) is 1.96. The number of fused-ring (bicyclic) bond motifs is 1. The first-order valence-electron chi connectivity index (χ1n) is 7.57. The zero-order valence-corrected chi connectivity index (χ0v) is 13.3. The van der Waals surface area contributed by atoms with Crippen LogP contribution in [0.1, 0.15) is 46.2 Å². The molecule has 6 heteroatoms. The summed E-state index contributed by atoms with van der Waals surface area (Å²) >= 11 is 0. The second-order valence-electron chi connectivity index (χ2n) is 6.24. The summed E-state index contributed by atoms with van der Waals surface area (Å²) in [5.41, 5.74) is 0.215. The molecule has 2 heterocycles. The first-order chi connectivity index (χ1) is 9.91. The van der Waals surface area contributed by atoms with Crippen molar-refractivity contribution in [3.63, 3.8) is 0 Å². The molecular formula is C15H25N5O. The zero-order chi connectivity index (χ0) is 15.5. The van der Waals surface area contributed by atoms with Crippen molar-refractivity contribution in [1.29, 1.82) is 0 Å². The van der Waals surface area contributed by atoms with Gasteiger partial charge in [0.05, 0.1) is 5.60 Å². The smallest absolute Gasteiger partial charge is 0.254 e. The number of nitrogens with zero attached hydrogens (tertiary/aromatic N) is 4. The predicted molar refractivity (Wildman–Crippen MR) is 83.3 cm³/mol. The topological polar surface area (TPSA) is 75.3 Å². The molecule has 0 saturated carbocycles. The van der Waals surface area contributed by atoms with Gasteiger partial charge in [-0.15, -0.1) is 0 Å². The van der Waals surface area contributed by atoms with E-state index in [0.717, 1.165) is 30.8 Å². The third-order valence-electron chi connectivity index (χ3n) is 3.58. The number of hydrogen-bond acceptors (Lipinski definition) is 5. The first kappa shape index (κ1) is 15.7. The molecule has 0 aliphatic heterocycles. The van der Waals surface area contributed by atoms with Gasteiger partial charge in [-0.1, -0.05) is 20.8 Å². The Bertz CT molecular complexity index is 591. The largest absolute Gasteiger partial charge is 0.388 e. The van der Waals surface area contributed by atoms with Crippen molar-refractivity contribution in [3.8, 4) is 0 Å². The van der Waals surface area contributed by atoms with Gasteiger partial charge < -0.3 is 10.4 Å². The summed E-state index contributed by atoms with van der Waals surface area (Å²) in [5.74, 6) is 1.99. The lowest BCUT2D eigenvalue weighted by Crippen LogP contribution is -2.34. The van der Waals surface area contributed by atoms with Crippen molar-refractivity contribution < 1.29 is 5.11 Å². The van der Waals surface area contributed by atoms with E-state index in [2.05, 4.69) is 41.2 Å². The second-order valence-corrected chi connectivity index (χ2v) is 6.24. The minimum absolute atomic E-state index is 0.474. The van der Waals surface area contributed by atoms with Gasteiger partial charge in [-0.25, -0.2) is 4.98 Å². The van der Waals surface area contributed by atoms with Crippen LogP contribution in [-0.2, 0) is 6.42 Å². The lowest BCUT2D eigenvalue weighted by atomic mass is 9.95. The molecule has 0 fully saturated rings. The molecule has 116 valence electrons. The van der Waals surface area contributed by atoms with Gasteiger partial charge in [-0.05, 0) is 32.1 Å². The second kappa shape index (κ2) is 6.39. The molecule has 0 aliphatic carbocycles. The van der Waals surface area contributed by atoms with E-state index in [1.54, 1.807) is 4.52 Å². The van der Waals surface area contributed by atoms with Gasteiger partial charge in [0.2, 0.25) is 0 Å². The van der Waals surface area contributed by atoms with E-state index < -0.39 is 5.60 Å². The third-order valence-corrected chi connectivity index (χ3v) is 3.58. The van der Waals surface area contributed by atoms with Crippen LogP contribution in [0.15, 0.2) is 12.4 Å². The molecule has 2 aromatic rings. The van der Waals surface area contributed by atoms with Crippen LogP contribution in [0.4, 0.5) is 5.82 Å². The minimum Gasteiger partial charge on any atom is -0.388 e. The number of aryl methyl sites for hydroxylation is 1. The highest BCUT2D eigenvalue weighted by Crippen LogP contribution is 2.18. The summed E-state index contributed by atoms with van der Waals surface area (Å²) in [4.78, 5) is 8.54. The van der Waals surface area contributed by atoms with Crippen LogP contribution in [0, 0.1) is 5.92 Å². The van der Waals surface area contributed by atoms with Crippen molar-refractivity contribution in [2.24, 2.45) is 5.92 Å². The van der Waals surface area contributed by atoms with Crippen molar-refractivity contribution in [2.75, 3.05) is 11.9 Å². The summed E-state index contributed by atoms with van der Waals surface area (Å²) < 4.78 is 1.66. The molecule has 0 spiro atoms. The summed E-state index contributed by atoms with van der Waals surface area (Å²) in [6.45, 7) is 8.72. The summed E-state index contributed by atoms with van der Waals surface area (Å²) in [5, 5.41) is 17.9. The third kappa shape index (κ3) is 4.14. The van der Waals surface area contributed by atoms with Crippen LogP contribution in [0.2, 0.25) is 0 Å². The van der Waals surface area contributed by atoms with Gasteiger partial charge in [0.15, 0.2) is 0 Å². The molecule has 0 bridgehead atoms. The molecule has 2 aromatic heterocycles. The fourth-order valence-electron chi connectivity index (χ4n) is 2.14. The Labute approximate surface area is 125 Å². The lowest BCUT2D eigenvalue weighted by Gasteiger charge is -2.25. The molecule has 0 saturated heterocycles. The number of aliphatic hydroxyl groups is 1. The average Bonchev–Trinajstić information content (AvgIpc) is 2.91. The summed E-state index contributed by atoms with van der Waals surface area (Å²) in [7, 11) is 0. The fraction of sp³-hybridized carbons (Fsp3) is 0.667. The van der Waals surface area contributed by atoms with Gasteiger partial charge in [-0.3, -0.25) is 0 Å². The maximum Gasteiger partial charge on any atom is 0.254 e. The number of aromatic nitrogens is 4. The van der Waals surface area contributed by atoms with Crippen LogP contribution in [0.25, 0.3) is 5.78 Å². The first-order valence-corrected chi connectivity index (χ1v) is 7.57. The van der Waals surface area contributed by atoms with Crippen LogP contribution >= 0.6 is 0 Å². The van der Waals surface area contributed by atoms with Gasteiger partial charge in [-0.2, -0.15) is 14.6 Å². The maximum absolute atomic E-state index is 10.5. The molecule has 0 radical (unpaired) electrons. The monoisotopic (exact) mass is 291 g/mol. The van der Waals surface area contributed by atoms with E-state index in [-0.39, 0.29) is 0 Å². The van der Waals surface area contributed by atoms with Crippen molar-refractivity contribution in [3.05, 3.63) is 18.1 Å². The van der Waals surface area contributed by atoms with E-state index >= 15 is 0 Å². The molecular weight excluding hydrogens is 266 g/mol. The normalized spacial score (nSPS) is 14.6. The van der Waals surface area contributed by atoms with Gasteiger partial charge >= 0.3 is 0 Å². The number of anilines is 1. The Kier molecular flexibility index (Phi) is 4.77. The van der Waals surface area contributed by atoms with Gasteiger partial charge in [0, 0.05) is 18.3 Å². The van der Waals surface area contributed by atoms with Crippen LogP contribution in [-0.4, -0.2) is 36.8 Å². The summed E-state index contributed by atoms with van der Waals surface area (Å²) in [6.07, 6.45) is 4.10.